The average molecular weight is 337 g/mol. The molecule has 0 bridgehead atoms. The third-order valence-electron chi connectivity index (χ3n) is 3.99. The molecule has 1 N–H and O–H groups in total. The minimum Gasteiger partial charge on any atom is -0.352 e. The zero-order valence-corrected chi connectivity index (χ0v) is 13.9. The summed E-state index contributed by atoms with van der Waals surface area (Å²) in [6.07, 6.45) is 6.47. The maximum atomic E-state index is 12.8. The molecule has 2 aromatic carbocycles. The highest BCUT2D eigenvalue weighted by molar-refractivity contribution is 5.76. The molecule has 1 aromatic heterocycles. The molecule has 25 heavy (non-hydrogen) atoms. The highest BCUT2D eigenvalue weighted by Gasteiger charge is 2.03. The quantitative estimate of drug-likeness (QED) is 0.719. The monoisotopic (exact) mass is 337 g/mol. The smallest absolute Gasteiger partial charge is 0.220 e. The summed E-state index contributed by atoms with van der Waals surface area (Å²) < 4.78 is 14.9. The zero-order chi connectivity index (χ0) is 17.5. The molecule has 0 fully saturated rings. The Morgan fingerprint density at radius 3 is 2.36 bits per heavy atom. The number of rotatable bonds is 7. The second-order valence-electron chi connectivity index (χ2n) is 5.95. The van der Waals surface area contributed by atoms with Crippen molar-refractivity contribution in [1.82, 2.24) is 14.9 Å². The molecule has 1 heterocycles. The lowest BCUT2D eigenvalue weighted by atomic mass is 10.1. The number of halogens is 1. The first-order valence-electron chi connectivity index (χ1n) is 8.24. The fourth-order valence-electron chi connectivity index (χ4n) is 2.55. The maximum Gasteiger partial charge on any atom is 0.220 e. The van der Waals surface area contributed by atoms with Crippen molar-refractivity contribution in [2.75, 3.05) is 0 Å². The summed E-state index contributed by atoms with van der Waals surface area (Å²) in [5, 5.41) is 2.92. The van der Waals surface area contributed by atoms with Gasteiger partial charge in [0, 0.05) is 31.9 Å². The lowest BCUT2D eigenvalue weighted by Gasteiger charge is -2.07. The minimum atomic E-state index is -0.260. The highest BCUT2D eigenvalue weighted by Crippen LogP contribution is 2.08. The number of hydrogen-bond acceptors (Lipinski definition) is 2. The number of aryl methyl sites for hydroxylation is 1. The van der Waals surface area contributed by atoms with Crippen LogP contribution in [0.1, 0.15) is 23.1 Å². The summed E-state index contributed by atoms with van der Waals surface area (Å²) >= 11 is 0. The third kappa shape index (κ3) is 5.28. The second kappa shape index (κ2) is 8.24. The van der Waals surface area contributed by atoms with E-state index in [0.29, 0.717) is 19.4 Å². The molecule has 0 aliphatic heterocycles. The summed E-state index contributed by atoms with van der Waals surface area (Å²) in [5.74, 6) is -0.267. The normalized spacial score (nSPS) is 10.6. The molecule has 128 valence electrons. The number of imidazole rings is 1. The summed E-state index contributed by atoms with van der Waals surface area (Å²) in [5.41, 5.74) is 3.20. The van der Waals surface area contributed by atoms with Gasteiger partial charge in [0.15, 0.2) is 0 Å². The van der Waals surface area contributed by atoms with Crippen LogP contribution >= 0.6 is 0 Å². The number of carbonyl (C=O) groups is 1. The van der Waals surface area contributed by atoms with Crippen LogP contribution in [0.3, 0.4) is 0 Å². The molecule has 0 spiro atoms. The van der Waals surface area contributed by atoms with Crippen molar-refractivity contribution in [1.29, 1.82) is 0 Å². The molecule has 0 saturated heterocycles. The topological polar surface area (TPSA) is 46.9 Å². The van der Waals surface area contributed by atoms with Gasteiger partial charge in [0.2, 0.25) is 5.91 Å². The summed E-state index contributed by atoms with van der Waals surface area (Å²) in [6, 6.07) is 14.4. The molecule has 4 nitrogen and oxygen atoms in total. The van der Waals surface area contributed by atoms with Gasteiger partial charge in [0.1, 0.15) is 5.82 Å². The van der Waals surface area contributed by atoms with Crippen molar-refractivity contribution >= 4 is 5.91 Å². The molecular formula is C20H20FN3O. The Morgan fingerprint density at radius 1 is 1.00 bits per heavy atom. The SMILES string of the molecule is O=C(CCc1ccc(F)cc1)NCc1ccc(Cn2ccnc2)cc1. The first kappa shape index (κ1) is 16.9. The first-order valence-corrected chi connectivity index (χ1v) is 8.24. The van der Waals surface area contributed by atoms with Gasteiger partial charge in [-0.1, -0.05) is 36.4 Å². The molecule has 0 unspecified atom stereocenters. The van der Waals surface area contributed by atoms with Crippen LogP contribution in [0.25, 0.3) is 0 Å². The van der Waals surface area contributed by atoms with E-state index >= 15 is 0 Å². The van der Waals surface area contributed by atoms with Gasteiger partial charge in [-0.05, 0) is 35.2 Å². The lowest BCUT2D eigenvalue weighted by Crippen LogP contribution is -2.23. The van der Waals surface area contributed by atoms with Crippen LogP contribution < -0.4 is 5.32 Å². The molecule has 0 radical (unpaired) electrons. The van der Waals surface area contributed by atoms with Crippen molar-refractivity contribution in [3.63, 3.8) is 0 Å². The Labute approximate surface area is 146 Å². The Balaban J connectivity index is 1.43. The molecule has 5 heteroatoms. The molecule has 0 atom stereocenters. The van der Waals surface area contributed by atoms with E-state index in [-0.39, 0.29) is 11.7 Å². The standard InChI is InChI=1S/C20H20FN3O/c21-19-8-5-16(6-9-19)7-10-20(25)23-13-17-1-3-18(4-2-17)14-24-12-11-22-15-24/h1-6,8-9,11-12,15H,7,10,13-14H2,(H,23,25). The van der Waals surface area contributed by atoms with Crippen molar-refractivity contribution < 1.29 is 9.18 Å². The highest BCUT2D eigenvalue weighted by atomic mass is 19.1. The zero-order valence-electron chi connectivity index (χ0n) is 13.9. The van der Waals surface area contributed by atoms with Gasteiger partial charge in [0.05, 0.1) is 6.33 Å². The van der Waals surface area contributed by atoms with E-state index < -0.39 is 0 Å². The number of benzene rings is 2. The van der Waals surface area contributed by atoms with Crippen molar-refractivity contribution in [2.24, 2.45) is 0 Å². The Bertz CT molecular complexity index is 796. The number of nitrogens with one attached hydrogen (secondary N) is 1. The molecule has 0 saturated carbocycles. The largest absolute Gasteiger partial charge is 0.352 e. The lowest BCUT2D eigenvalue weighted by molar-refractivity contribution is -0.121. The van der Waals surface area contributed by atoms with Gasteiger partial charge >= 0.3 is 0 Å². The number of carbonyl (C=O) groups excluding carboxylic acids is 1. The average Bonchev–Trinajstić information content (AvgIpc) is 3.14. The van der Waals surface area contributed by atoms with E-state index in [1.54, 1.807) is 24.7 Å². The van der Waals surface area contributed by atoms with E-state index in [1.807, 2.05) is 22.9 Å². The summed E-state index contributed by atoms with van der Waals surface area (Å²) in [4.78, 5) is 16.0. The third-order valence-corrected chi connectivity index (χ3v) is 3.99. The number of aromatic nitrogens is 2. The predicted octanol–water partition coefficient (Wildman–Crippen LogP) is 3.32. The van der Waals surface area contributed by atoms with Gasteiger partial charge in [-0.15, -0.1) is 0 Å². The van der Waals surface area contributed by atoms with Crippen LogP contribution in [0, 0.1) is 5.82 Å². The minimum absolute atomic E-state index is 0.00758. The number of hydrogen-bond donors (Lipinski definition) is 1. The summed E-state index contributed by atoms with van der Waals surface area (Å²) in [7, 11) is 0. The maximum absolute atomic E-state index is 12.8. The van der Waals surface area contributed by atoms with Crippen LogP contribution in [0.4, 0.5) is 4.39 Å². The number of amides is 1. The van der Waals surface area contributed by atoms with Gasteiger partial charge < -0.3 is 9.88 Å². The molecular weight excluding hydrogens is 317 g/mol. The van der Waals surface area contributed by atoms with Gasteiger partial charge in [-0.3, -0.25) is 4.79 Å². The molecule has 0 aliphatic carbocycles. The van der Waals surface area contributed by atoms with Crippen molar-refractivity contribution in [2.45, 2.75) is 25.9 Å². The van der Waals surface area contributed by atoms with Crippen LogP contribution in [-0.2, 0) is 24.3 Å². The van der Waals surface area contributed by atoms with Gasteiger partial charge in [0.25, 0.3) is 0 Å². The van der Waals surface area contributed by atoms with Gasteiger partial charge in [-0.25, -0.2) is 9.37 Å². The van der Waals surface area contributed by atoms with Crippen LogP contribution in [0.5, 0.6) is 0 Å². The first-order chi connectivity index (χ1) is 12.2. The summed E-state index contributed by atoms with van der Waals surface area (Å²) in [6.45, 7) is 1.29. The van der Waals surface area contributed by atoms with E-state index in [4.69, 9.17) is 0 Å². The van der Waals surface area contributed by atoms with Crippen LogP contribution in [-0.4, -0.2) is 15.5 Å². The van der Waals surface area contributed by atoms with Crippen molar-refractivity contribution in [3.05, 3.63) is 89.8 Å². The van der Waals surface area contributed by atoms with Crippen LogP contribution in [0.2, 0.25) is 0 Å². The van der Waals surface area contributed by atoms with E-state index in [1.165, 1.54) is 17.7 Å². The van der Waals surface area contributed by atoms with E-state index in [0.717, 1.165) is 17.7 Å². The Morgan fingerprint density at radius 2 is 1.68 bits per heavy atom. The molecule has 0 aliphatic rings. The molecule has 3 rings (SSSR count). The van der Waals surface area contributed by atoms with Crippen molar-refractivity contribution in [3.8, 4) is 0 Å². The Hall–Kier alpha value is -2.95. The van der Waals surface area contributed by atoms with Gasteiger partial charge in [-0.2, -0.15) is 0 Å². The fraction of sp³-hybridized carbons (Fsp3) is 0.200. The van der Waals surface area contributed by atoms with E-state index in [9.17, 15) is 9.18 Å². The predicted molar refractivity (Wildman–Crippen MR) is 94.3 cm³/mol. The molecule has 1 amide bonds. The van der Waals surface area contributed by atoms with E-state index in [2.05, 4.69) is 22.4 Å². The number of nitrogens with zero attached hydrogens (tertiary/aromatic N) is 2. The second-order valence-corrected chi connectivity index (χ2v) is 5.95. The fourth-order valence-corrected chi connectivity index (χ4v) is 2.55. The molecule has 3 aromatic rings. The van der Waals surface area contributed by atoms with Crippen LogP contribution in [0.15, 0.2) is 67.3 Å². The Kier molecular flexibility index (Phi) is 5.57.